The summed E-state index contributed by atoms with van der Waals surface area (Å²) >= 11 is 0. The number of carboxylic acid groups (broad SMARTS) is 1. The van der Waals surface area contributed by atoms with E-state index >= 15 is 0 Å². The van der Waals surface area contributed by atoms with Crippen LogP contribution >= 0.6 is 0 Å². The Morgan fingerprint density at radius 2 is 1.90 bits per heavy atom. The number of nitrogens with one attached hydrogen (secondary N) is 1. The van der Waals surface area contributed by atoms with Gasteiger partial charge in [-0.3, -0.25) is 10.1 Å². The van der Waals surface area contributed by atoms with E-state index in [-0.39, 0.29) is 12.0 Å². The topological polar surface area (TPSA) is 58.6 Å². The average Bonchev–Trinajstić information content (AvgIpc) is 3.26. The SMILES string of the molecule is CCCNC(COC1CCC(C)CC1)(C(=O)O)C1CC1. The molecule has 4 nitrogen and oxygen atoms in total. The van der Waals surface area contributed by atoms with Crippen LogP contribution in [0.3, 0.4) is 0 Å². The number of rotatable bonds is 8. The second kappa shape index (κ2) is 6.90. The van der Waals surface area contributed by atoms with Gasteiger partial charge < -0.3 is 9.84 Å². The van der Waals surface area contributed by atoms with Crippen LogP contribution in [0.4, 0.5) is 0 Å². The summed E-state index contributed by atoms with van der Waals surface area (Å²) in [6.45, 7) is 5.42. The summed E-state index contributed by atoms with van der Waals surface area (Å²) in [5, 5.41) is 13.0. The van der Waals surface area contributed by atoms with Crippen molar-refractivity contribution in [3.63, 3.8) is 0 Å². The van der Waals surface area contributed by atoms with Crippen LogP contribution in [0, 0.1) is 11.8 Å². The Labute approximate surface area is 122 Å². The molecule has 0 amide bonds. The van der Waals surface area contributed by atoms with Crippen molar-refractivity contribution in [2.45, 2.75) is 70.4 Å². The molecule has 0 aromatic carbocycles. The first-order valence-electron chi connectivity index (χ1n) is 8.18. The standard InChI is InChI=1S/C16H29NO3/c1-3-10-17-16(15(18)19,13-6-7-13)11-20-14-8-4-12(2)5-9-14/h12-14,17H,3-11H2,1-2H3,(H,18,19). The normalized spacial score (nSPS) is 29.9. The molecule has 0 aromatic heterocycles. The minimum atomic E-state index is -0.848. The van der Waals surface area contributed by atoms with Crippen molar-refractivity contribution in [1.29, 1.82) is 0 Å². The molecule has 0 spiro atoms. The lowest BCUT2D eigenvalue weighted by Gasteiger charge is -2.34. The molecule has 2 aliphatic carbocycles. The highest BCUT2D eigenvalue weighted by Crippen LogP contribution is 2.41. The zero-order valence-corrected chi connectivity index (χ0v) is 12.9. The minimum absolute atomic E-state index is 0.245. The lowest BCUT2D eigenvalue weighted by molar-refractivity contribution is -0.151. The number of carboxylic acids is 1. The Bertz CT molecular complexity index is 322. The van der Waals surface area contributed by atoms with E-state index in [2.05, 4.69) is 19.2 Å². The van der Waals surface area contributed by atoms with Crippen molar-refractivity contribution < 1.29 is 14.6 Å². The number of ether oxygens (including phenoxy) is 1. The van der Waals surface area contributed by atoms with Crippen LogP contribution in [0.2, 0.25) is 0 Å². The number of aliphatic carboxylic acids is 1. The molecule has 0 heterocycles. The molecule has 1 atom stereocenters. The predicted molar refractivity (Wildman–Crippen MR) is 78.8 cm³/mol. The van der Waals surface area contributed by atoms with Crippen LogP contribution in [-0.4, -0.2) is 35.9 Å². The van der Waals surface area contributed by atoms with E-state index in [1.165, 1.54) is 12.8 Å². The maximum Gasteiger partial charge on any atom is 0.326 e. The van der Waals surface area contributed by atoms with E-state index in [1.54, 1.807) is 0 Å². The molecular weight excluding hydrogens is 254 g/mol. The second-order valence-electron chi connectivity index (χ2n) is 6.67. The van der Waals surface area contributed by atoms with Gasteiger partial charge in [0.2, 0.25) is 0 Å². The smallest absolute Gasteiger partial charge is 0.326 e. The highest BCUT2D eigenvalue weighted by molar-refractivity contribution is 5.80. The van der Waals surface area contributed by atoms with Crippen LogP contribution in [0.15, 0.2) is 0 Å². The lowest BCUT2D eigenvalue weighted by Crippen LogP contribution is -2.58. The van der Waals surface area contributed by atoms with Gasteiger partial charge in [0, 0.05) is 0 Å². The molecule has 1 unspecified atom stereocenters. The summed E-state index contributed by atoms with van der Waals surface area (Å²) in [6.07, 6.45) is 7.79. The van der Waals surface area contributed by atoms with Crippen molar-refractivity contribution in [2.75, 3.05) is 13.2 Å². The molecular formula is C16H29NO3. The van der Waals surface area contributed by atoms with Crippen LogP contribution in [0.5, 0.6) is 0 Å². The van der Waals surface area contributed by atoms with Crippen LogP contribution in [0.25, 0.3) is 0 Å². The number of carbonyl (C=O) groups is 1. The van der Waals surface area contributed by atoms with Crippen molar-refractivity contribution in [3.8, 4) is 0 Å². The van der Waals surface area contributed by atoms with E-state index < -0.39 is 11.5 Å². The van der Waals surface area contributed by atoms with Crippen LogP contribution in [-0.2, 0) is 9.53 Å². The molecule has 2 aliphatic rings. The fourth-order valence-electron chi connectivity index (χ4n) is 3.19. The van der Waals surface area contributed by atoms with Crippen LogP contribution in [0.1, 0.15) is 58.8 Å². The summed E-state index contributed by atoms with van der Waals surface area (Å²) in [5.41, 5.74) is -0.848. The zero-order valence-electron chi connectivity index (χ0n) is 12.9. The number of hydrogen-bond acceptors (Lipinski definition) is 3. The monoisotopic (exact) mass is 283 g/mol. The maximum absolute atomic E-state index is 11.8. The fourth-order valence-corrected chi connectivity index (χ4v) is 3.19. The Morgan fingerprint density at radius 3 is 2.40 bits per heavy atom. The third kappa shape index (κ3) is 3.73. The minimum Gasteiger partial charge on any atom is -0.480 e. The molecule has 2 rings (SSSR count). The third-order valence-corrected chi connectivity index (χ3v) is 4.86. The highest BCUT2D eigenvalue weighted by Gasteiger charge is 2.51. The van der Waals surface area contributed by atoms with Crippen molar-refractivity contribution in [1.82, 2.24) is 5.32 Å². The average molecular weight is 283 g/mol. The van der Waals surface area contributed by atoms with Gasteiger partial charge >= 0.3 is 5.97 Å². The molecule has 2 saturated carbocycles. The summed E-state index contributed by atoms with van der Waals surface area (Å²) < 4.78 is 6.01. The van der Waals surface area contributed by atoms with Gasteiger partial charge in [-0.05, 0) is 63.3 Å². The molecule has 4 heteroatoms. The molecule has 0 aromatic rings. The Hall–Kier alpha value is -0.610. The van der Waals surface area contributed by atoms with Gasteiger partial charge in [0.15, 0.2) is 0 Å². The van der Waals surface area contributed by atoms with Crippen LogP contribution < -0.4 is 5.32 Å². The summed E-state index contributed by atoms with van der Waals surface area (Å²) in [7, 11) is 0. The van der Waals surface area contributed by atoms with Crippen molar-refractivity contribution in [3.05, 3.63) is 0 Å². The quantitative estimate of drug-likeness (QED) is 0.719. The summed E-state index contributed by atoms with van der Waals surface area (Å²) in [6, 6.07) is 0. The largest absolute Gasteiger partial charge is 0.480 e. The summed E-state index contributed by atoms with van der Waals surface area (Å²) in [5.74, 6) is 0.299. The third-order valence-electron chi connectivity index (χ3n) is 4.86. The molecule has 0 aliphatic heterocycles. The van der Waals surface area contributed by atoms with E-state index in [9.17, 15) is 9.90 Å². The molecule has 116 valence electrons. The van der Waals surface area contributed by atoms with Gasteiger partial charge in [-0.15, -0.1) is 0 Å². The van der Waals surface area contributed by atoms with Gasteiger partial charge in [0.25, 0.3) is 0 Å². The van der Waals surface area contributed by atoms with Gasteiger partial charge in [0.05, 0.1) is 12.7 Å². The van der Waals surface area contributed by atoms with Crippen molar-refractivity contribution in [2.24, 2.45) is 11.8 Å². The Morgan fingerprint density at radius 1 is 1.25 bits per heavy atom. The van der Waals surface area contributed by atoms with Crippen molar-refractivity contribution >= 4 is 5.97 Å². The Kier molecular flexibility index (Phi) is 5.44. The van der Waals surface area contributed by atoms with Gasteiger partial charge in [-0.2, -0.15) is 0 Å². The first-order chi connectivity index (χ1) is 9.58. The van der Waals surface area contributed by atoms with Gasteiger partial charge in [0.1, 0.15) is 5.54 Å². The highest BCUT2D eigenvalue weighted by atomic mass is 16.5. The number of hydrogen-bond donors (Lipinski definition) is 2. The molecule has 0 radical (unpaired) electrons. The molecule has 0 saturated heterocycles. The molecule has 0 bridgehead atoms. The van der Waals surface area contributed by atoms with E-state index in [4.69, 9.17) is 4.74 Å². The molecule has 2 fully saturated rings. The van der Waals surface area contributed by atoms with E-state index in [0.29, 0.717) is 6.61 Å². The second-order valence-corrected chi connectivity index (χ2v) is 6.67. The zero-order chi connectivity index (χ0) is 14.6. The fraction of sp³-hybridized carbons (Fsp3) is 0.938. The van der Waals surface area contributed by atoms with E-state index in [1.807, 2.05) is 0 Å². The van der Waals surface area contributed by atoms with Gasteiger partial charge in [-0.25, -0.2) is 0 Å². The summed E-state index contributed by atoms with van der Waals surface area (Å²) in [4.78, 5) is 11.8. The van der Waals surface area contributed by atoms with Gasteiger partial charge in [-0.1, -0.05) is 13.8 Å². The maximum atomic E-state index is 11.8. The Balaban J connectivity index is 1.91. The lowest BCUT2D eigenvalue weighted by atomic mass is 9.88. The van der Waals surface area contributed by atoms with E-state index in [0.717, 1.165) is 44.6 Å². The molecule has 20 heavy (non-hydrogen) atoms. The predicted octanol–water partition coefficient (Wildman–Crippen LogP) is 2.81. The first-order valence-corrected chi connectivity index (χ1v) is 8.18. The first kappa shape index (κ1) is 15.8. The molecule has 2 N–H and O–H groups in total.